The number of nitrogens with zero attached hydrogens (tertiary/aromatic N) is 2. The summed E-state index contributed by atoms with van der Waals surface area (Å²) in [5, 5.41) is 4.24. The second-order valence-electron chi connectivity index (χ2n) is 5.62. The highest BCUT2D eigenvalue weighted by Gasteiger charge is 2.18. The van der Waals surface area contributed by atoms with Crippen molar-refractivity contribution < 1.29 is 0 Å². The van der Waals surface area contributed by atoms with E-state index < -0.39 is 0 Å². The molecule has 100 valence electrons. The van der Waals surface area contributed by atoms with Crippen LogP contribution in [0, 0.1) is 5.92 Å². The Hall–Kier alpha value is -0.350. The minimum Gasteiger partial charge on any atom is -0.360 e. The molecule has 1 aliphatic rings. The van der Waals surface area contributed by atoms with Crippen molar-refractivity contribution in [1.29, 1.82) is 0 Å². The summed E-state index contributed by atoms with van der Waals surface area (Å²) in [4.78, 5) is 4.84. The molecule has 0 radical (unpaired) electrons. The zero-order valence-corrected chi connectivity index (χ0v) is 12.5. The maximum atomic E-state index is 5.39. The molecule has 0 aromatic rings. The van der Waals surface area contributed by atoms with Gasteiger partial charge < -0.3 is 10.2 Å². The molecule has 4 heteroatoms. The van der Waals surface area contributed by atoms with Gasteiger partial charge in [-0.3, -0.25) is 4.90 Å². The molecule has 0 unspecified atom stereocenters. The minimum absolute atomic E-state index is 0.432. The van der Waals surface area contributed by atoms with Crippen molar-refractivity contribution in [1.82, 2.24) is 15.1 Å². The van der Waals surface area contributed by atoms with Crippen molar-refractivity contribution in [3.05, 3.63) is 0 Å². The zero-order valence-electron chi connectivity index (χ0n) is 11.7. The summed E-state index contributed by atoms with van der Waals surface area (Å²) in [6.07, 6.45) is 1.30. The summed E-state index contributed by atoms with van der Waals surface area (Å²) >= 11 is 5.39. The van der Waals surface area contributed by atoms with Crippen LogP contribution >= 0.6 is 12.2 Å². The lowest BCUT2D eigenvalue weighted by molar-refractivity contribution is 0.173. The monoisotopic (exact) mass is 257 g/mol. The standard InChI is InChI=1S/C13H27N3S/c1-11(2)5-6-15-7-9-16(10-8-15)13(17)14-12(3)4/h11-12H,5-10H2,1-4H3,(H,14,17). The van der Waals surface area contributed by atoms with Crippen molar-refractivity contribution in [2.75, 3.05) is 32.7 Å². The van der Waals surface area contributed by atoms with Gasteiger partial charge in [0.05, 0.1) is 0 Å². The van der Waals surface area contributed by atoms with Crippen LogP contribution in [0.2, 0.25) is 0 Å². The Labute approximate surface area is 112 Å². The lowest BCUT2D eigenvalue weighted by Gasteiger charge is -2.36. The van der Waals surface area contributed by atoms with E-state index in [4.69, 9.17) is 12.2 Å². The molecule has 0 saturated carbocycles. The van der Waals surface area contributed by atoms with Gasteiger partial charge >= 0.3 is 0 Å². The summed E-state index contributed by atoms with van der Waals surface area (Å²) in [6.45, 7) is 14.5. The average molecular weight is 257 g/mol. The molecule has 3 nitrogen and oxygen atoms in total. The van der Waals surface area contributed by atoms with E-state index >= 15 is 0 Å². The molecule has 0 aliphatic carbocycles. The van der Waals surface area contributed by atoms with Crippen LogP contribution in [0.15, 0.2) is 0 Å². The van der Waals surface area contributed by atoms with Gasteiger partial charge in [0.15, 0.2) is 5.11 Å². The maximum absolute atomic E-state index is 5.39. The molecule has 0 spiro atoms. The van der Waals surface area contributed by atoms with Gasteiger partial charge in [-0.1, -0.05) is 13.8 Å². The summed E-state index contributed by atoms with van der Waals surface area (Å²) < 4.78 is 0. The summed E-state index contributed by atoms with van der Waals surface area (Å²) in [5.74, 6) is 0.803. The Kier molecular flexibility index (Phi) is 6.20. The largest absolute Gasteiger partial charge is 0.360 e. The molecular weight excluding hydrogens is 230 g/mol. The fourth-order valence-electron chi connectivity index (χ4n) is 1.95. The van der Waals surface area contributed by atoms with E-state index in [0.717, 1.165) is 37.2 Å². The quantitative estimate of drug-likeness (QED) is 0.776. The third-order valence-corrected chi connectivity index (χ3v) is 3.47. The molecule has 1 saturated heterocycles. The van der Waals surface area contributed by atoms with E-state index in [2.05, 4.69) is 42.8 Å². The summed E-state index contributed by atoms with van der Waals surface area (Å²) in [5.41, 5.74) is 0. The van der Waals surface area contributed by atoms with Crippen LogP contribution in [0.3, 0.4) is 0 Å². The molecule has 1 aliphatic heterocycles. The molecule has 0 bridgehead atoms. The van der Waals surface area contributed by atoms with E-state index in [-0.39, 0.29) is 0 Å². The van der Waals surface area contributed by atoms with Crippen LogP contribution in [-0.4, -0.2) is 53.7 Å². The van der Waals surface area contributed by atoms with E-state index in [1.54, 1.807) is 0 Å². The number of hydrogen-bond donors (Lipinski definition) is 1. The number of rotatable bonds is 4. The van der Waals surface area contributed by atoms with Gasteiger partial charge in [-0.25, -0.2) is 0 Å². The molecule has 1 heterocycles. The van der Waals surface area contributed by atoms with Crippen molar-refractivity contribution in [3.8, 4) is 0 Å². The number of thiocarbonyl (C=S) groups is 1. The maximum Gasteiger partial charge on any atom is 0.169 e. The molecular formula is C13H27N3S. The Morgan fingerprint density at radius 3 is 2.18 bits per heavy atom. The molecule has 0 aromatic heterocycles. The Balaban J connectivity index is 2.23. The third kappa shape index (κ3) is 5.68. The highest BCUT2D eigenvalue weighted by Crippen LogP contribution is 2.06. The molecule has 1 fully saturated rings. The van der Waals surface area contributed by atoms with Crippen LogP contribution in [0.1, 0.15) is 34.1 Å². The summed E-state index contributed by atoms with van der Waals surface area (Å²) in [6, 6.07) is 0.432. The first-order valence-corrected chi connectivity index (χ1v) is 7.17. The van der Waals surface area contributed by atoms with Crippen LogP contribution in [0.5, 0.6) is 0 Å². The first-order valence-electron chi connectivity index (χ1n) is 6.77. The normalized spacial score (nSPS) is 17.9. The number of hydrogen-bond acceptors (Lipinski definition) is 2. The van der Waals surface area contributed by atoms with Crippen LogP contribution in [0.4, 0.5) is 0 Å². The molecule has 0 amide bonds. The average Bonchev–Trinajstić information content (AvgIpc) is 2.26. The van der Waals surface area contributed by atoms with Gasteiger partial charge in [0.1, 0.15) is 0 Å². The highest BCUT2D eigenvalue weighted by molar-refractivity contribution is 7.80. The molecule has 1 N–H and O–H groups in total. The molecule has 1 rings (SSSR count). The minimum atomic E-state index is 0.432. The van der Waals surface area contributed by atoms with Crippen LogP contribution in [0.25, 0.3) is 0 Å². The van der Waals surface area contributed by atoms with E-state index in [1.165, 1.54) is 13.0 Å². The van der Waals surface area contributed by atoms with Gasteiger partial charge in [-0.2, -0.15) is 0 Å². The second kappa shape index (κ2) is 7.17. The van der Waals surface area contributed by atoms with Crippen molar-refractivity contribution in [3.63, 3.8) is 0 Å². The SMILES string of the molecule is CC(C)CCN1CCN(C(=S)NC(C)C)CC1. The smallest absolute Gasteiger partial charge is 0.169 e. The van der Waals surface area contributed by atoms with E-state index in [1.807, 2.05) is 0 Å². The fourth-order valence-corrected chi connectivity index (χ4v) is 2.37. The predicted octanol–water partition coefficient (Wildman–Crippen LogP) is 1.93. The topological polar surface area (TPSA) is 18.5 Å². The van der Waals surface area contributed by atoms with Gasteiger partial charge in [-0.15, -0.1) is 0 Å². The van der Waals surface area contributed by atoms with Crippen LogP contribution < -0.4 is 5.32 Å². The number of nitrogens with one attached hydrogen (secondary N) is 1. The Morgan fingerprint density at radius 1 is 1.12 bits per heavy atom. The Morgan fingerprint density at radius 2 is 1.71 bits per heavy atom. The zero-order chi connectivity index (χ0) is 12.8. The second-order valence-corrected chi connectivity index (χ2v) is 6.00. The van der Waals surface area contributed by atoms with Crippen LogP contribution in [-0.2, 0) is 0 Å². The first kappa shape index (κ1) is 14.7. The highest BCUT2D eigenvalue weighted by atomic mass is 32.1. The summed E-state index contributed by atoms with van der Waals surface area (Å²) in [7, 11) is 0. The van der Waals surface area contributed by atoms with Crippen molar-refractivity contribution in [2.45, 2.75) is 40.2 Å². The first-order chi connectivity index (χ1) is 7.99. The van der Waals surface area contributed by atoms with Gasteiger partial charge in [0.25, 0.3) is 0 Å². The molecule has 17 heavy (non-hydrogen) atoms. The third-order valence-electron chi connectivity index (χ3n) is 3.09. The van der Waals surface area contributed by atoms with Crippen molar-refractivity contribution >= 4 is 17.3 Å². The fraction of sp³-hybridized carbons (Fsp3) is 0.923. The Bertz CT molecular complexity index is 233. The van der Waals surface area contributed by atoms with Gasteiger partial charge in [0.2, 0.25) is 0 Å². The van der Waals surface area contributed by atoms with Crippen molar-refractivity contribution in [2.24, 2.45) is 5.92 Å². The lowest BCUT2D eigenvalue weighted by Crippen LogP contribution is -2.52. The van der Waals surface area contributed by atoms with Gasteiger partial charge in [-0.05, 0) is 44.9 Å². The lowest BCUT2D eigenvalue weighted by atomic mass is 10.1. The molecule has 0 atom stereocenters. The molecule has 0 aromatic carbocycles. The number of piperazine rings is 1. The van der Waals surface area contributed by atoms with Gasteiger partial charge in [0, 0.05) is 32.2 Å². The predicted molar refractivity (Wildman–Crippen MR) is 78.3 cm³/mol. The van der Waals surface area contributed by atoms with E-state index in [0.29, 0.717) is 6.04 Å². The van der Waals surface area contributed by atoms with E-state index in [9.17, 15) is 0 Å².